The molecule has 5 heteroatoms. The highest BCUT2D eigenvalue weighted by Crippen LogP contribution is 2.14. The molecule has 0 aliphatic carbocycles. The molecular weight excluding hydrogens is 302 g/mol. The number of nitrogens with two attached hydrogens (primary N) is 1. The first-order chi connectivity index (χ1) is 11.7. The number of para-hydroxylation sites is 1. The number of rotatable bonds is 5. The van der Waals surface area contributed by atoms with E-state index in [-0.39, 0.29) is 5.91 Å². The van der Waals surface area contributed by atoms with Gasteiger partial charge in [0.05, 0.1) is 18.8 Å². The molecule has 1 heterocycles. The van der Waals surface area contributed by atoms with Crippen LogP contribution in [-0.2, 0) is 17.8 Å². The number of carbonyl (C=O) groups is 1. The minimum atomic E-state index is -0.144. The topological polar surface area (TPSA) is 67.6 Å². The van der Waals surface area contributed by atoms with Gasteiger partial charge >= 0.3 is 0 Å². The van der Waals surface area contributed by atoms with Crippen molar-refractivity contribution in [3.8, 4) is 0 Å². The number of ether oxygens (including phenoxy) is 1. The van der Waals surface area contributed by atoms with Crippen molar-refractivity contribution in [3.05, 3.63) is 65.2 Å². The summed E-state index contributed by atoms with van der Waals surface area (Å²) in [6.07, 6.45) is 0. The summed E-state index contributed by atoms with van der Waals surface area (Å²) >= 11 is 0. The Morgan fingerprint density at radius 2 is 1.71 bits per heavy atom. The highest BCUT2D eigenvalue weighted by molar-refractivity contribution is 5.99. The number of hydrogen-bond donors (Lipinski definition) is 2. The summed E-state index contributed by atoms with van der Waals surface area (Å²) in [5, 5.41) is 2.97. The van der Waals surface area contributed by atoms with Crippen LogP contribution in [0.15, 0.2) is 48.5 Å². The number of hydrogen-bond acceptors (Lipinski definition) is 4. The van der Waals surface area contributed by atoms with Crippen molar-refractivity contribution in [2.45, 2.75) is 13.1 Å². The number of nitrogens with zero attached hydrogens (tertiary/aromatic N) is 1. The number of nitrogens with one attached hydrogen (secondary N) is 1. The molecule has 0 unspecified atom stereocenters. The lowest BCUT2D eigenvalue weighted by Gasteiger charge is -2.27. The highest BCUT2D eigenvalue weighted by Gasteiger charge is 2.14. The number of anilines is 1. The van der Waals surface area contributed by atoms with Gasteiger partial charge in [0, 0.05) is 31.9 Å². The van der Waals surface area contributed by atoms with Gasteiger partial charge < -0.3 is 15.8 Å². The molecule has 5 nitrogen and oxygen atoms in total. The normalized spacial score (nSPS) is 15.2. The van der Waals surface area contributed by atoms with Gasteiger partial charge in [-0.15, -0.1) is 0 Å². The minimum Gasteiger partial charge on any atom is -0.398 e. The lowest BCUT2D eigenvalue weighted by atomic mass is 10.1. The molecular formula is C19H23N3O2. The van der Waals surface area contributed by atoms with E-state index in [2.05, 4.69) is 22.3 Å². The molecule has 2 aromatic rings. The van der Waals surface area contributed by atoms with Crippen molar-refractivity contribution in [3.63, 3.8) is 0 Å². The van der Waals surface area contributed by atoms with Gasteiger partial charge in [0.2, 0.25) is 0 Å². The van der Waals surface area contributed by atoms with E-state index >= 15 is 0 Å². The quantitative estimate of drug-likeness (QED) is 0.826. The number of benzene rings is 2. The first-order valence-electron chi connectivity index (χ1n) is 8.23. The maximum absolute atomic E-state index is 12.3. The molecule has 126 valence electrons. The fourth-order valence-corrected chi connectivity index (χ4v) is 2.86. The number of morpholine rings is 1. The zero-order chi connectivity index (χ0) is 16.8. The van der Waals surface area contributed by atoms with Crippen LogP contribution in [-0.4, -0.2) is 37.1 Å². The Labute approximate surface area is 142 Å². The van der Waals surface area contributed by atoms with Crippen molar-refractivity contribution < 1.29 is 9.53 Å². The summed E-state index contributed by atoms with van der Waals surface area (Å²) in [5.41, 5.74) is 9.25. The second-order valence-corrected chi connectivity index (χ2v) is 5.93. The van der Waals surface area contributed by atoms with Gasteiger partial charge in [0.1, 0.15) is 0 Å². The van der Waals surface area contributed by atoms with Crippen LogP contribution in [0.2, 0.25) is 0 Å². The average molecular weight is 325 g/mol. The largest absolute Gasteiger partial charge is 0.398 e. The van der Waals surface area contributed by atoms with E-state index in [1.54, 1.807) is 12.1 Å². The fraction of sp³-hybridized carbons (Fsp3) is 0.316. The molecule has 3 rings (SSSR count). The first kappa shape index (κ1) is 16.5. The van der Waals surface area contributed by atoms with Gasteiger partial charge in [-0.3, -0.25) is 9.69 Å². The van der Waals surface area contributed by atoms with Crippen LogP contribution in [0.25, 0.3) is 0 Å². The van der Waals surface area contributed by atoms with Gasteiger partial charge in [0.15, 0.2) is 0 Å². The zero-order valence-electron chi connectivity index (χ0n) is 13.7. The highest BCUT2D eigenvalue weighted by atomic mass is 16.5. The van der Waals surface area contributed by atoms with Crippen LogP contribution >= 0.6 is 0 Å². The summed E-state index contributed by atoms with van der Waals surface area (Å²) in [6, 6.07) is 15.3. The summed E-state index contributed by atoms with van der Waals surface area (Å²) in [5.74, 6) is -0.144. The zero-order valence-corrected chi connectivity index (χ0v) is 13.7. The third kappa shape index (κ3) is 4.13. The summed E-state index contributed by atoms with van der Waals surface area (Å²) < 4.78 is 5.40. The molecule has 1 fully saturated rings. The Bertz CT molecular complexity index is 697. The maximum atomic E-state index is 12.3. The standard InChI is InChI=1S/C19H23N3O2/c20-18-8-4-3-7-17(18)19(23)21-13-15-5-1-2-6-16(15)14-22-9-11-24-12-10-22/h1-8H,9-14,20H2,(H,21,23). The Hall–Kier alpha value is -2.37. The Kier molecular flexibility index (Phi) is 5.46. The molecule has 2 aromatic carbocycles. The van der Waals surface area contributed by atoms with Crippen LogP contribution < -0.4 is 11.1 Å². The number of nitrogen functional groups attached to an aromatic ring is 1. The van der Waals surface area contributed by atoms with Gasteiger partial charge in [-0.2, -0.15) is 0 Å². The van der Waals surface area contributed by atoms with Gasteiger partial charge in [-0.25, -0.2) is 0 Å². The van der Waals surface area contributed by atoms with Crippen LogP contribution in [0, 0.1) is 0 Å². The molecule has 0 bridgehead atoms. The van der Waals surface area contributed by atoms with E-state index in [9.17, 15) is 4.79 Å². The van der Waals surface area contributed by atoms with Gasteiger partial charge in [-0.05, 0) is 23.3 Å². The van der Waals surface area contributed by atoms with Crippen molar-refractivity contribution in [1.82, 2.24) is 10.2 Å². The van der Waals surface area contributed by atoms with Crippen molar-refractivity contribution in [2.75, 3.05) is 32.0 Å². The smallest absolute Gasteiger partial charge is 0.253 e. The summed E-state index contributed by atoms with van der Waals surface area (Å²) in [4.78, 5) is 14.7. The molecule has 1 amide bonds. The minimum absolute atomic E-state index is 0.144. The lowest BCUT2D eigenvalue weighted by Crippen LogP contribution is -2.36. The maximum Gasteiger partial charge on any atom is 0.253 e. The number of carbonyl (C=O) groups excluding carboxylic acids is 1. The molecule has 1 aliphatic heterocycles. The van der Waals surface area contributed by atoms with E-state index in [0.717, 1.165) is 38.4 Å². The van der Waals surface area contributed by atoms with E-state index < -0.39 is 0 Å². The molecule has 0 radical (unpaired) electrons. The third-order valence-electron chi connectivity index (χ3n) is 4.26. The lowest BCUT2D eigenvalue weighted by molar-refractivity contribution is 0.0340. The van der Waals surface area contributed by atoms with Crippen molar-refractivity contribution in [2.24, 2.45) is 0 Å². The average Bonchev–Trinajstić information content (AvgIpc) is 2.62. The third-order valence-corrected chi connectivity index (χ3v) is 4.26. The van der Waals surface area contributed by atoms with E-state index in [1.807, 2.05) is 24.3 Å². The molecule has 0 atom stereocenters. The van der Waals surface area contributed by atoms with Crippen LogP contribution in [0.3, 0.4) is 0 Å². The van der Waals surface area contributed by atoms with Crippen LogP contribution in [0.4, 0.5) is 5.69 Å². The molecule has 0 spiro atoms. The Morgan fingerprint density at radius 1 is 1.04 bits per heavy atom. The van der Waals surface area contributed by atoms with Gasteiger partial charge in [0.25, 0.3) is 5.91 Å². The van der Waals surface area contributed by atoms with Crippen LogP contribution in [0.1, 0.15) is 21.5 Å². The Balaban J connectivity index is 1.64. The Morgan fingerprint density at radius 3 is 2.46 bits per heavy atom. The summed E-state index contributed by atoms with van der Waals surface area (Å²) in [7, 11) is 0. The predicted octanol–water partition coefficient (Wildman–Crippen LogP) is 2.03. The van der Waals surface area contributed by atoms with Crippen molar-refractivity contribution >= 4 is 11.6 Å². The first-order valence-corrected chi connectivity index (χ1v) is 8.23. The van der Waals surface area contributed by atoms with Gasteiger partial charge in [-0.1, -0.05) is 36.4 Å². The van der Waals surface area contributed by atoms with E-state index in [1.165, 1.54) is 5.56 Å². The van der Waals surface area contributed by atoms with Crippen molar-refractivity contribution in [1.29, 1.82) is 0 Å². The molecule has 24 heavy (non-hydrogen) atoms. The second-order valence-electron chi connectivity index (χ2n) is 5.93. The second kappa shape index (κ2) is 7.95. The molecule has 1 aliphatic rings. The molecule has 0 saturated carbocycles. The fourth-order valence-electron chi connectivity index (χ4n) is 2.86. The molecule has 0 aromatic heterocycles. The molecule has 3 N–H and O–H groups in total. The van der Waals surface area contributed by atoms with E-state index in [4.69, 9.17) is 10.5 Å². The van der Waals surface area contributed by atoms with Crippen LogP contribution in [0.5, 0.6) is 0 Å². The van der Waals surface area contributed by atoms with E-state index in [0.29, 0.717) is 17.8 Å². The predicted molar refractivity (Wildman–Crippen MR) is 94.6 cm³/mol. The number of amides is 1. The summed E-state index contributed by atoms with van der Waals surface area (Å²) in [6.45, 7) is 4.83. The SMILES string of the molecule is Nc1ccccc1C(=O)NCc1ccccc1CN1CCOCC1. The molecule has 1 saturated heterocycles. The monoisotopic (exact) mass is 325 g/mol.